The fourth-order valence-corrected chi connectivity index (χ4v) is 6.13. The summed E-state index contributed by atoms with van der Waals surface area (Å²) in [7, 11) is 4.54. The molecule has 1 aromatic heterocycles. The molecule has 1 aliphatic heterocycles. The first-order valence-electron chi connectivity index (χ1n) is 15.2. The number of benzene rings is 1. The first-order valence-corrected chi connectivity index (χ1v) is 16.1. The van der Waals surface area contributed by atoms with Crippen LogP contribution in [0.3, 0.4) is 0 Å². The lowest BCUT2D eigenvalue weighted by Crippen LogP contribution is -2.56. The number of imide groups is 1. The Bertz CT molecular complexity index is 1530. The van der Waals surface area contributed by atoms with E-state index in [4.69, 9.17) is 14.5 Å². The van der Waals surface area contributed by atoms with Crippen molar-refractivity contribution in [3.63, 3.8) is 0 Å². The Balaban J connectivity index is 2.36. The van der Waals surface area contributed by atoms with Crippen molar-refractivity contribution in [3.05, 3.63) is 39.3 Å². The second-order valence-electron chi connectivity index (χ2n) is 12.1. The molecule has 242 valence electrons. The normalized spacial score (nSPS) is 14.6. The van der Waals surface area contributed by atoms with Crippen molar-refractivity contribution in [1.82, 2.24) is 15.0 Å². The van der Waals surface area contributed by atoms with E-state index in [1.165, 1.54) is 18.4 Å². The Morgan fingerprint density at radius 3 is 2.07 bits per heavy atom. The molecule has 0 atom stereocenters. The van der Waals surface area contributed by atoms with Gasteiger partial charge in [0, 0.05) is 31.1 Å². The Hall–Kier alpha value is -4.17. The summed E-state index contributed by atoms with van der Waals surface area (Å²) in [6.07, 6.45) is 5.69. The summed E-state index contributed by atoms with van der Waals surface area (Å²) in [5.41, 5.74) is 1.39. The summed E-state index contributed by atoms with van der Waals surface area (Å²) in [6, 6.07) is 5.76. The van der Waals surface area contributed by atoms with Crippen LogP contribution in [0.25, 0.3) is 17.3 Å². The zero-order valence-electron chi connectivity index (χ0n) is 28.2. The monoisotopic (exact) mass is 635 g/mol. The molecule has 0 spiro atoms. The van der Waals surface area contributed by atoms with E-state index in [0.717, 1.165) is 59.5 Å². The van der Waals surface area contributed by atoms with Crippen molar-refractivity contribution in [2.24, 2.45) is 5.41 Å². The number of carbonyl (C=O) groups excluding carboxylic acids is 3. The van der Waals surface area contributed by atoms with Crippen molar-refractivity contribution in [3.8, 4) is 28.8 Å². The van der Waals surface area contributed by atoms with Crippen LogP contribution >= 0.6 is 11.3 Å². The van der Waals surface area contributed by atoms with Crippen molar-refractivity contribution < 1.29 is 23.9 Å². The maximum atomic E-state index is 14.1. The number of nitrogens with zero attached hydrogens (tertiary/aromatic N) is 5. The molecule has 1 aliphatic rings. The molecule has 2 aromatic rings. The number of rotatable bonds is 12. The minimum atomic E-state index is -0.874. The lowest BCUT2D eigenvalue weighted by molar-refractivity contribution is -0.171. The van der Waals surface area contributed by atoms with E-state index in [1.54, 1.807) is 48.0 Å². The number of methoxy groups -OCH3 is 2. The topological polar surface area (TPSA) is 116 Å². The molecule has 45 heavy (non-hydrogen) atoms. The van der Waals surface area contributed by atoms with Crippen LogP contribution in [0, 0.1) is 23.7 Å². The smallest absolute Gasteiger partial charge is 0.290 e. The largest absolute Gasteiger partial charge is 0.496 e. The van der Waals surface area contributed by atoms with Gasteiger partial charge < -0.3 is 14.4 Å². The Labute approximate surface area is 270 Å². The number of aromatic nitrogens is 1. The van der Waals surface area contributed by atoms with Crippen molar-refractivity contribution in [2.75, 3.05) is 39.3 Å². The van der Waals surface area contributed by atoms with Crippen molar-refractivity contribution in [2.45, 2.75) is 74.1 Å². The fourth-order valence-electron chi connectivity index (χ4n) is 5.06. The first kappa shape index (κ1) is 35.3. The quantitative estimate of drug-likeness (QED) is 0.190. The Morgan fingerprint density at radius 2 is 1.60 bits per heavy atom. The van der Waals surface area contributed by atoms with Gasteiger partial charge in [0.05, 0.1) is 30.4 Å². The molecule has 3 amide bonds. The summed E-state index contributed by atoms with van der Waals surface area (Å²) >= 11 is 1.42. The highest BCUT2D eigenvalue weighted by atomic mass is 32.1. The third kappa shape index (κ3) is 7.39. The van der Waals surface area contributed by atoms with Crippen LogP contribution in [0.5, 0.6) is 11.5 Å². The second-order valence-corrected chi connectivity index (χ2v) is 13.1. The number of hydrazine groups is 1. The van der Waals surface area contributed by atoms with Gasteiger partial charge in [-0.05, 0) is 56.0 Å². The SMILES string of the molecule is CCCCN(CCCC)c1nc(-c2c(OC)cc(C)cc2OC)c(/C=C2\C(=O)N(N(C)C(=O)C(C)(C)C)C(=O)C(C#N)=C2C)s1. The predicted molar refractivity (Wildman–Crippen MR) is 178 cm³/mol. The average Bonchev–Trinajstić information content (AvgIpc) is 3.41. The van der Waals surface area contributed by atoms with Gasteiger partial charge in [-0.2, -0.15) is 10.3 Å². The molecule has 11 heteroatoms. The summed E-state index contributed by atoms with van der Waals surface area (Å²) in [4.78, 5) is 48.6. The predicted octanol–water partition coefficient (Wildman–Crippen LogP) is 6.55. The number of ether oxygens (including phenoxy) is 2. The van der Waals surface area contributed by atoms with Gasteiger partial charge in [-0.15, -0.1) is 0 Å². The lowest BCUT2D eigenvalue weighted by Gasteiger charge is -2.36. The summed E-state index contributed by atoms with van der Waals surface area (Å²) < 4.78 is 11.6. The number of aryl methyl sites for hydroxylation is 1. The third-order valence-corrected chi connectivity index (χ3v) is 8.66. The van der Waals surface area contributed by atoms with Crippen LogP contribution < -0.4 is 14.4 Å². The van der Waals surface area contributed by atoms with Gasteiger partial charge in [0.25, 0.3) is 11.8 Å². The average molecular weight is 636 g/mol. The van der Waals surface area contributed by atoms with Gasteiger partial charge in [0.2, 0.25) is 5.91 Å². The van der Waals surface area contributed by atoms with Gasteiger partial charge in [0.1, 0.15) is 23.1 Å². The van der Waals surface area contributed by atoms with Crippen molar-refractivity contribution in [1.29, 1.82) is 5.26 Å². The van der Waals surface area contributed by atoms with Crippen LogP contribution in [-0.2, 0) is 14.4 Å². The van der Waals surface area contributed by atoms with E-state index in [1.807, 2.05) is 25.1 Å². The number of nitriles is 1. The van der Waals surface area contributed by atoms with E-state index >= 15 is 0 Å². The molecular weight excluding hydrogens is 590 g/mol. The second kappa shape index (κ2) is 14.7. The zero-order chi connectivity index (χ0) is 33.6. The van der Waals surface area contributed by atoms with Gasteiger partial charge in [0.15, 0.2) is 5.13 Å². The van der Waals surface area contributed by atoms with E-state index in [0.29, 0.717) is 27.6 Å². The highest BCUT2D eigenvalue weighted by Crippen LogP contribution is 2.45. The molecule has 0 saturated heterocycles. The van der Waals surface area contributed by atoms with E-state index in [2.05, 4.69) is 18.7 Å². The lowest BCUT2D eigenvalue weighted by atomic mass is 9.93. The molecule has 0 unspecified atom stereocenters. The molecule has 1 aromatic carbocycles. The van der Waals surface area contributed by atoms with E-state index in [9.17, 15) is 19.6 Å². The van der Waals surface area contributed by atoms with Gasteiger partial charge in [-0.25, -0.2) is 9.99 Å². The highest BCUT2D eigenvalue weighted by Gasteiger charge is 2.42. The van der Waals surface area contributed by atoms with Crippen molar-refractivity contribution >= 4 is 40.3 Å². The molecule has 0 radical (unpaired) electrons. The molecule has 0 fully saturated rings. The molecular formula is C34H45N5O5S. The molecule has 0 saturated carbocycles. The van der Waals surface area contributed by atoms with Crippen LogP contribution in [0.2, 0.25) is 0 Å². The standard InChI is InChI=1S/C34H45N5O5S/c1-11-13-15-38(16-14-12-2)33-36-29(28-25(43-9)17-21(3)18-26(28)44-10)27(45-33)19-23-22(4)24(20-35)31(41)39(30(23)40)37(8)32(42)34(5,6)7/h17-19H,11-16H2,1-10H3/b23-19-. The van der Waals surface area contributed by atoms with Crippen LogP contribution in [0.1, 0.15) is 77.7 Å². The number of unbranched alkanes of at least 4 members (excludes halogenated alkanes) is 2. The third-order valence-electron chi connectivity index (χ3n) is 7.59. The van der Waals surface area contributed by atoms with Gasteiger partial charge >= 0.3 is 0 Å². The number of amides is 3. The summed E-state index contributed by atoms with van der Waals surface area (Å²) in [5.74, 6) is -0.866. The number of carbonyl (C=O) groups is 3. The molecule has 0 N–H and O–H groups in total. The highest BCUT2D eigenvalue weighted by molar-refractivity contribution is 7.17. The van der Waals surface area contributed by atoms with E-state index in [-0.39, 0.29) is 16.7 Å². The fraction of sp³-hybridized carbons (Fsp3) is 0.500. The number of hydrogen-bond acceptors (Lipinski definition) is 9. The minimum Gasteiger partial charge on any atom is -0.496 e. The summed E-state index contributed by atoms with van der Waals surface area (Å²) in [6.45, 7) is 14.5. The molecule has 0 aliphatic carbocycles. The van der Waals surface area contributed by atoms with E-state index < -0.39 is 23.1 Å². The zero-order valence-corrected chi connectivity index (χ0v) is 29.0. The maximum absolute atomic E-state index is 14.1. The number of hydrogen-bond donors (Lipinski definition) is 0. The number of anilines is 1. The maximum Gasteiger partial charge on any atom is 0.290 e. The van der Waals surface area contributed by atoms with Crippen LogP contribution in [0.4, 0.5) is 5.13 Å². The molecule has 0 bridgehead atoms. The molecule has 3 rings (SSSR count). The molecule has 10 nitrogen and oxygen atoms in total. The van der Waals surface area contributed by atoms with Gasteiger partial charge in [-0.3, -0.25) is 14.4 Å². The number of thiazole rings is 1. The Kier molecular flexibility index (Phi) is 11.6. The van der Waals surface area contributed by atoms with Crippen LogP contribution in [0.15, 0.2) is 28.9 Å². The summed E-state index contributed by atoms with van der Waals surface area (Å²) in [5, 5.41) is 12.5. The van der Waals surface area contributed by atoms with Gasteiger partial charge in [-0.1, -0.05) is 58.8 Å². The molecule has 2 heterocycles. The Morgan fingerprint density at radius 1 is 1.04 bits per heavy atom. The minimum absolute atomic E-state index is 0.120. The first-order chi connectivity index (χ1) is 21.2. The van der Waals surface area contributed by atoms with Crippen LogP contribution in [-0.4, -0.2) is 67.1 Å².